The number of carbonyl (C=O) groups excluding carboxylic acids is 1. The van der Waals surface area contributed by atoms with E-state index >= 15 is 0 Å². The molecule has 0 saturated carbocycles. The van der Waals surface area contributed by atoms with Crippen LogP contribution in [0.25, 0.3) is 16.7 Å². The van der Waals surface area contributed by atoms with Crippen LogP contribution in [-0.4, -0.2) is 43.7 Å². The molecule has 154 valence electrons. The predicted octanol–water partition coefficient (Wildman–Crippen LogP) is 3.95. The van der Waals surface area contributed by atoms with Crippen molar-refractivity contribution in [1.29, 1.82) is 0 Å². The Hall–Kier alpha value is -3.23. The van der Waals surface area contributed by atoms with Crippen molar-refractivity contribution < 1.29 is 9.53 Å². The molecule has 9 heteroatoms. The zero-order valence-corrected chi connectivity index (χ0v) is 17.2. The summed E-state index contributed by atoms with van der Waals surface area (Å²) in [6.45, 7) is 3.95. The van der Waals surface area contributed by atoms with Crippen molar-refractivity contribution in [1.82, 2.24) is 24.5 Å². The number of aromatic nitrogens is 5. The van der Waals surface area contributed by atoms with E-state index in [2.05, 4.69) is 20.6 Å². The average molecular weight is 425 g/mol. The van der Waals surface area contributed by atoms with Crippen LogP contribution in [0.3, 0.4) is 0 Å². The molecule has 0 fully saturated rings. The van der Waals surface area contributed by atoms with Gasteiger partial charge in [-0.15, -0.1) is 5.10 Å². The maximum absolute atomic E-state index is 12.8. The quantitative estimate of drug-likeness (QED) is 0.433. The molecule has 0 atom stereocenters. The minimum absolute atomic E-state index is 0.169. The van der Waals surface area contributed by atoms with Crippen LogP contribution in [0, 0.1) is 0 Å². The number of para-hydroxylation sites is 3. The molecule has 0 bridgehead atoms. The molecule has 1 N–H and O–H groups in total. The number of ether oxygens (including phenoxy) is 1. The summed E-state index contributed by atoms with van der Waals surface area (Å²) in [4.78, 5) is 17.4. The van der Waals surface area contributed by atoms with Gasteiger partial charge in [-0.2, -0.15) is 0 Å². The highest BCUT2D eigenvalue weighted by Crippen LogP contribution is 2.21. The molecule has 4 rings (SSSR count). The van der Waals surface area contributed by atoms with E-state index in [1.54, 1.807) is 18.3 Å². The Morgan fingerprint density at radius 3 is 2.80 bits per heavy atom. The van der Waals surface area contributed by atoms with Crippen molar-refractivity contribution in [2.24, 2.45) is 0 Å². The zero-order chi connectivity index (χ0) is 20.9. The van der Waals surface area contributed by atoms with Gasteiger partial charge in [-0.05, 0) is 37.6 Å². The Labute approximate surface area is 178 Å². The van der Waals surface area contributed by atoms with Crippen molar-refractivity contribution in [3.05, 3.63) is 65.4 Å². The number of aryl methyl sites for hydroxylation is 1. The van der Waals surface area contributed by atoms with Crippen LogP contribution >= 0.6 is 11.6 Å². The average Bonchev–Trinajstić information content (AvgIpc) is 3.37. The number of carbonyl (C=O) groups is 1. The van der Waals surface area contributed by atoms with Crippen LogP contribution in [0.15, 0.2) is 54.7 Å². The molecule has 30 heavy (non-hydrogen) atoms. The third-order valence-corrected chi connectivity index (χ3v) is 4.90. The second kappa shape index (κ2) is 9.06. The first-order valence-electron chi connectivity index (χ1n) is 9.69. The molecule has 2 aromatic heterocycles. The smallest absolute Gasteiger partial charge is 0.280 e. The number of anilines is 1. The monoisotopic (exact) mass is 424 g/mol. The first kappa shape index (κ1) is 20.1. The standard InChI is InChI=1S/C21H21ClN6O2/c1-2-30-13-7-12-27-19-11-6-4-9-16(19)23-21(27)24-20(29)17-14-28(26-25-17)18-10-5-3-8-15(18)22/h3-6,8-11,14H,2,7,12-13H2,1H3,(H,23,24,29). The van der Waals surface area contributed by atoms with Gasteiger partial charge >= 0.3 is 0 Å². The van der Waals surface area contributed by atoms with Crippen LogP contribution in [0.4, 0.5) is 5.95 Å². The maximum atomic E-state index is 12.8. The fraction of sp³-hybridized carbons (Fsp3) is 0.238. The van der Waals surface area contributed by atoms with Gasteiger partial charge in [-0.25, -0.2) is 9.67 Å². The lowest BCUT2D eigenvalue weighted by atomic mass is 10.3. The molecule has 2 aromatic carbocycles. The second-order valence-corrected chi connectivity index (χ2v) is 6.99. The number of halogens is 1. The Morgan fingerprint density at radius 1 is 1.17 bits per heavy atom. The molecule has 0 unspecified atom stereocenters. The lowest BCUT2D eigenvalue weighted by molar-refractivity contribution is 0.102. The van der Waals surface area contributed by atoms with E-state index in [0.717, 1.165) is 17.5 Å². The Morgan fingerprint density at radius 2 is 1.97 bits per heavy atom. The highest BCUT2D eigenvalue weighted by atomic mass is 35.5. The predicted molar refractivity (Wildman–Crippen MR) is 115 cm³/mol. The van der Waals surface area contributed by atoms with Gasteiger partial charge in [0.25, 0.3) is 5.91 Å². The molecule has 0 aliphatic rings. The van der Waals surface area contributed by atoms with E-state index in [9.17, 15) is 4.79 Å². The SMILES string of the molecule is CCOCCCn1c(NC(=O)c2cn(-c3ccccc3Cl)nn2)nc2ccccc21. The Bertz CT molecular complexity index is 1170. The fourth-order valence-corrected chi connectivity index (χ4v) is 3.38. The van der Waals surface area contributed by atoms with E-state index in [4.69, 9.17) is 16.3 Å². The molecule has 0 radical (unpaired) electrons. The van der Waals surface area contributed by atoms with Crippen molar-refractivity contribution in [2.75, 3.05) is 18.5 Å². The summed E-state index contributed by atoms with van der Waals surface area (Å²) in [6.07, 6.45) is 2.35. The van der Waals surface area contributed by atoms with Crippen molar-refractivity contribution >= 4 is 34.5 Å². The molecule has 4 aromatic rings. The van der Waals surface area contributed by atoms with E-state index < -0.39 is 5.91 Å². The molecule has 8 nitrogen and oxygen atoms in total. The van der Waals surface area contributed by atoms with Gasteiger partial charge in [0.1, 0.15) is 0 Å². The number of amides is 1. The number of nitrogens with one attached hydrogen (secondary N) is 1. The third-order valence-electron chi connectivity index (χ3n) is 4.58. The topological polar surface area (TPSA) is 86.9 Å². The van der Waals surface area contributed by atoms with Gasteiger partial charge in [0, 0.05) is 19.8 Å². The van der Waals surface area contributed by atoms with Crippen molar-refractivity contribution in [3.63, 3.8) is 0 Å². The van der Waals surface area contributed by atoms with Gasteiger partial charge in [0.2, 0.25) is 5.95 Å². The number of hydrogen-bond acceptors (Lipinski definition) is 5. The van der Waals surface area contributed by atoms with Crippen molar-refractivity contribution in [2.45, 2.75) is 19.9 Å². The van der Waals surface area contributed by atoms with Gasteiger partial charge in [0.05, 0.1) is 27.9 Å². The summed E-state index contributed by atoms with van der Waals surface area (Å²) in [6, 6.07) is 15.0. The van der Waals surface area contributed by atoms with E-state index in [0.29, 0.717) is 36.4 Å². The second-order valence-electron chi connectivity index (χ2n) is 6.58. The number of hydrogen-bond donors (Lipinski definition) is 1. The molecule has 1 amide bonds. The van der Waals surface area contributed by atoms with Gasteiger partial charge in [0.15, 0.2) is 5.69 Å². The van der Waals surface area contributed by atoms with E-state index in [-0.39, 0.29) is 5.69 Å². The number of nitrogens with zero attached hydrogens (tertiary/aromatic N) is 5. The van der Waals surface area contributed by atoms with Crippen LogP contribution < -0.4 is 5.32 Å². The summed E-state index contributed by atoms with van der Waals surface area (Å²) in [5.74, 6) is 0.0691. The van der Waals surface area contributed by atoms with Gasteiger partial charge < -0.3 is 9.30 Å². The Kier molecular flexibility index (Phi) is 6.06. The van der Waals surface area contributed by atoms with E-state index in [1.807, 2.05) is 47.9 Å². The van der Waals surface area contributed by atoms with Crippen LogP contribution in [-0.2, 0) is 11.3 Å². The largest absolute Gasteiger partial charge is 0.382 e. The van der Waals surface area contributed by atoms with Crippen LogP contribution in [0.5, 0.6) is 0 Å². The first-order chi connectivity index (χ1) is 14.7. The molecule has 0 aliphatic heterocycles. The molecular formula is C21H21ClN6O2. The number of rotatable bonds is 8. The van der Waals surface area contributed by atoms with Crippen molar-refractivity contribution in [3.8, 4) is 5.69 Å². The molecular weight excluding hydrogens is 404 g/mol. The summed E-state index contributed by atoms with van der Waals surface area (Å²) in [5.41, 5.74) is 2.57. The third kappa shape index (κ3) is 4.19. The normalized spacial score (nSPS) is 11.1. The molecule has 0 saturated heterocycles. The first-order valence-corrected chi connectivity index (χ1v) is 10.1. The zero-order valence-electron chi connectivity index (χ0n) is 16.5. The molecule has 0 spiro atoms. The fourth-order valence-electron chi connectivity index (χ4n) is 3.16. The number of benzene rings is 2. The van der Waals surface area contributed by atoms with Crippen LogP contribution in [0.1, 0.15) is 23.8 Å². The van der Waals surface area contributed by atoms with Crippen LogP contribution in [0.2, 0.25) is 5.02 Å². The number of fused-ring (bicyclic) bond motifs is 1. The lowest BCUT2D eigenvalue weighted by Gasteiger charge is -2.09. The minimum atomic E-state index is -0.394. The highest BCUT2D eigenvalue weighted by Gasteiger charge is 2.17. The maximum Gasteiger partial charge on any atom is 0.280 e. The molecule has 0 aliphatic carbocycles. The summed E-state index contributed by atoms with van der Waals surface area (Å²) in [7, 11) is 0. The minimum Gasteiger partial charge on any atom is -0.382 e. The Balaban J connectivity index is 1.56. The molecule has 2 heterocycles. The number of imidazole rings is 1. The van der Waals surface area contributed by atoms with Gasteiger partial charge in [-0.1, -0.05) is 41.1 Å². The summed E-state index contributed by atoms with van der Waals surface area (Å²) < 4.78 is 8.89. The lowest BCUT2D eigenvalue weighted by Crippen LogP contribution is -2.17. The summed E-state index contributed by atoms with van der Waals surface area (Å²) >= 11 is 6.20. The summed E-state index contributed by atoms with van der Waals surface area (Å²) in [5, 5.41) is 11.4. The van der Waals surface area contributed by atoms with Gasteiger partial charge in [-0.3, -0.25) is 10.1 Å². The van der Waals surface area contributed by atoms with E-state index in [1.165, 1.54) is 4.68 Å². The highest BCUT2D eigenvalue weighted by molar-refractivity contribution is 6.32.